The summed E-state index contributed by atoms with van der Waals surface area (Å²) in [6.45, 7) is 6.26. The first kappa shape index (κ1) is 14.1. The molecule has 3 nitrogen and oxygen atoms in total. The predicted molar refractivity (Wildman–Crippen MR) is 86.1 cm³/mol. The first-order chi connectivity index (χ1) is 10.3. The molecular formula is C18H23N3. The summed E-state index contributed by atoms with van der Waals surface area (Å²) in [6.07, 6.45) is 6.30. The molecule has 0 N–H and O–H groups in total. The molecule has 0 bridgehead atoms. The minimum absolute atomic E-state index is 0.891. The van der Waals surface area contributed by atoms with Gasteiger partial charge in [-0.3, -0.25) is 4.99 Å². The van der Waals surface area contributed by atoms with Gasteiger partial charge < -0.3 is 4.57 Å². The zero-order chi connectivity index (χ0) is 14.7. The van der Waals surface area contributed by atoms with E-state index in [1.54, 1.807) is 0 Å². The number of aromatic nitrogens is 2. The van der Waals surface area contributed by atoms with Crippen molar-refractivity contribution in [3.05, 3.63) is 47.2 Å². The molecule has 0 fully saturated rings. The fourth-order valence-corrected chi connectivity index (χ4v) is 3.04. The van der Waals surface area contributed by atoms with Crippen LogP contribution >= 0.6 is 0 Å². The predicted octanol–water partition coefficient (Wildman–Crippen LogP) is 3.37. The van der Waals surface area contributed by atoms with E-state index < -0.39 is 0 Å². The summed E-state index contributed by atoms with van der Waals surface area (Å²) in [7, 11) is 0. The number of benzene rings is 1. The van der Waals surface area contributed by atoms with Crippen LogP contribution in [0.3, 0.4) is 0 Å². The molecule has 3 heteroatoms. The maximum absolute atomic E-state index is 4.85. The molecule has 0 spiro atoms. The molecule has 1 aliphatic carbocycles. The van der Waals surface area contributed by atoms with Crippen LogP contribution in [0.5, 0.6) is 0 Å². The molecular weight excluding hydrogens is 258 g/mol. The van der Waals surface area contributed by atoms with E-state index in [2.05, 4.69) is 42.7 Å². The van der Waals surface area contributed by atoms with Crippen LogP contribution < -0.4 is 5.49 Å². The van der Waals surface area contributed by atoms with Crippen molar-refractivity contribution in [3.63, 3.8) is 0 Å². The van der Waals surface area contributed by atoms with Crippen molar-refractivity contribution >= 4 is 0 Å². The van der Waals surface area contributed by atoms with Crippen LogP contribution in [0.25, 0.3) is 11.3 Å². The van der Waals surface area contributed by atoms with Gasteiger partial charge in [-0.25, -0.2) is 4.98 Å². The molecule has 0 amide bonds. The monoisotopic (exact) mass is 281 g/mol. The molecule has 0 saturated heterocycles. The van der Waals surface area contributed by atoms with Gasteiger partial charge in [-0.05, 0) is 31.2 Å². The summed E-state index contributed by atoms with van der Waals surface area (Å²) < 4.78 is 2.22. The van der Waals surface area contributed by atoms with Crippen molar-refractivity contribution in [2.24, 2.45) is 4.99 Å². The average Bonchev–Trinajstić information content (AvgIpc) is 2.53. The SMILES string of the molecule is CCCN=c1c2c(ncn1CCC)-c1ccccc1CC2. The summed E-state index contributed by atoms with van der Waals surface area (Å²) in [5.74, 6) is 0. The number of nitrogens with zero attached hydrogens (tertiary/aromatic N) is 3. The van der Waals surface area contributed by atoms with E-state index in [0.717, 1.165) is 50.0 Å². The number of hydrogen-bond donors (Lipinski definition) is 0. The molecule has 0 unspecified atom stereocenters. The summed E-state index contributed by atoms with van der Waals surface area (Å²) in [5, 5.41) is 0. The molecule has 3 rings (SSSR count). The molecule has 110 valence electrons. The maximum Gasteiger partial charge on any atom is 0.134 e. The molecule has 0 atom stereocenters. The van der Waals surface area contributed by atoms with Crippen LogP contribution in [0.2, 0.25) is 0 Å². The minimum Gasteiger partial charge on any atom is -0.317 e. The third-order valence-electron chi connectivity index (χ3n) is 4.02. The van der Waals surface area contributed by atoms with Gasteiger partial charge in [-0.2, -0.15) is 0 Å². The lowest BCUT2D eigenvalue weighted by Crippen LogP contribution is -2.29. The van der Waals surface area contributed by atoms with Gasteiger partial charge in [0.25, 0.3) is 0 Å². The number of aryl methyl sites for hydroxylation is 2. The number of hydrogen-bond acceptors (Lipinski definition) is 2. The maximum atomic E-state index is 4.85. The summed E-state index contributed by atoms with van der Waals surface area (Å²) >= 11 is 0. The molecule has 21 heavy (non-hydrogen) atoms. The average molecular weight is 281 g/mol. The minimum atomic E-state index is 0.891. The Bertz CT molecular complexity index is 698. The van der Waals surface area contributed by atoms with Crippen molar-refractivity contribution in [3.8, 4) is 11.3 Å². The Labute approximate surface area is 126 Å². The van der Waals surface area contributed by atoms with Gasteiger partial charge in [-0.1, -0.05) is 38.1 Å². The van der Waals surface area contributed by atoms with Crippen molar-refractivity contribution in [1.29, 1.82) is 0 Å². The van der Waals surface area contributed by atoms with E-state index >= 15 is 0 Å². The lowest BCUT2D eigenvalue weighted by Gasteiger charge is -2.20. The first-order valence-corrected chi connectivity index (χ1v) is 8.02. The molecule has 0 aliphatic heterocycles. The van der Waals surface area contributed by atoms with E-state index in [-0.39, 0.29) is 0 Å². The highest BCUT2D eigenvalue weighted by atomic mass is 15.1. The van der Waals surface area contributed by atoms with Crippen molar-refractivity contribution < 1.29 is 0 Å². The van der Waals surface area contributed by atoms with Crippen molar-refractivity contribution in [1.82, 2.24) is 9.55 Å². The lowest BCUT2D eigenvalue weighted by molar-refractivity contribution is 0.612. The summed E-state index contributed by atoms with van der Waals surface area (Å²) in [4.78, 5) is 9.60. The van der Waals surface area contributed by atoms with Crippen LogP contribution in [-0.4, -0.2) is 16.1 Å². The van der Waals surface area contributed by atoms with E-state index in [0.29, 0.717) is 0 Å². The molecule has 2 aromatic rings. The van der Waals surface area contributed by atoms with Gasteiger partial charge in [0.05, 0.1) is 12.0 Å². The van der Waals surface area contributed by atoms with E-state index in [1.807, 2.05) is 6.33 Å². The van der Waals surface area contributed by atoms with Gasteiger partial charge in [0, 0.05) is 24.2 Å². The zero-order valence-corrected chi connectivity index (χ0v) is 13.0. The Kier molecular flexibility index (Phi) is 4.18. The fraction of sp³-hybridized carbons (Fsp3) is 0.444. The second kappa shape index (κ2) is 6.25. The second-order valence-corrected chi connectivity index (χ2v) is 5.63. The van der Waals surface area contributed by atoms with Crippen LogP contribution in [0.15, 0.2) is 35.6 Å². The van der Waals surface area contributed by atoms with E-state index in [4.69, 9.17) is 9.98 Å². The normalized spacial score (nSPS) is 13.9. The fourth-order valence-electron chi connectivity index (χ4n) is 3.04. The quantitative estimate of drug-likeness (QED) is 0.845. The Hall–Kier alpha value is -1.90. The third-order valence-corrected chi connectivity index (χ3v) is 4.02. The van der Waals surface area contributed by atoms with E-state index in [1.165, 1.54) is 16.7 Å². The van der Waals surface area contributed by atoms with Gasteiger partial charge >= 0.3 is 0 Å². The Morgan fingerprint density at radius 3 is 2.81 bits per heavy atom. The second-order valence-electron chi connectivity index (χ2n) is 5.63. The van der Waals surface area contributed by atoms with Crippen molar-refractivity contribution in [2.45, 2.75) is 46.1 Å². The molecule has 0 radical (unpaired) electrons. The Morgan fingerprint density at radius 1 is 1.14 bits per heavy atom. The Morgan fingerprint density at radius 2 is 2.00 bits per heavy atom. The van der Waals surface area contributed by atoms with Gasteiger partial charge in [0.2, 0.25) is 0 Å². The highest BCUT2D eigenvalue weighted by Crippen LogP contribution is 2.29. The zero-order valence-electron chi connectivity index (χ0n) is 13.0. The van der Waals surface area contributed by atoms with Crippen LogP contribution in [0.1, 0.15) is 37.8 Å². The largest absolute Gasteiger partial charge is 0.317 e. The van der Waals surface area contributed by atoms with Gasteiger partial charge in [0.1, 0.15) is 5.49 Å². The lowest BCUT2D eigenvalue weighted by atomic mass is 9.89. The van der Waals surface area contributed by atoms with Gasteiger partial charge in [-0.15, -0.1) is 0 Å². The highest BCUT2D eigenvalue weighted by molar-refractivity contribution is 5.68. The van der Waals surface area contributed by atoms with Crippen LogP contribution in [-0.2, 0) is 19.4 Å². The number of rotatable bonds is 4. The number of fused-ring (bicyclic) bond motifs is 3. The molecule has 1 heterocycles. The van der Waals surface area contributed by atoms with Crippen LogP contribution in [0.4, 0.5) is 0 Å². The molecule has 1 aromatic heterocycles. The first-order valence-electron chi connectivity index (χ1n) is 8.02. The van der Waals surface area contributed by atoms with Crippen molar-refractivity contribution in [2.75, 3.05) is 6.54 Å². The molecule has 0 saturated carbocycles. The highest BCUT2D eigenvalue weighted by Gasteiger charge is 2.19. The third kappa shape index (κ3) is 2.65. The van der Waals surface area contributed by atoms with E-state index in [9.17, 15) is 0 Å². The summed E-state index contributed by atoms with van der Waals surface area (Å²) in [6, 6.07) is 8.63. The standard InChI is InChI=1S/C18H23N3/c1-3-11-19-18-16-10-9-14-7-5-6-8-15(14)17(16)20-13-21(18)12-4-2/h5-8,13H,3-4,9-12H2,1-2H3. The smallest absolute Gasteiger partial charge is 0.134 e. The molecule has 1 aliphatic rings. The molecule has 1 aromatic carbocycles. The topological polar surface area (TPSA) is 30.2 Å². The Balaban J connectivity index is 2.20. The van der Waals surface area contributed by atoms with Crippen LogP contribution in [0, 0.1) is 0 Å². The van der Waals surface area contributed by atoms with Gasteiger partial charge in [0.15, 0.2) is 0 Å². The summed E-state index contributed by atoms with van der Waals surface area (Å²) in [5.41, 5.74) is 6.32.